The molecule has 0 unspecified atom stereocenters. The van der Waals surface area contributed by atoms with Crippen LogP contribution in [-0.2, 0) is 11.3 Å². The number of ether oxygens (including phenoxy) is 1. The quantitative estimate of drug-likeness (QED) is 0.572. The molecule has 4 rings (SSSR count). The molecule has 0 saturated heterocycles. The number of benzene rings is 2. The van der Waals surface area contributed by atoms with Crippen molar-refractivity contribution in [2.24, 2.45) is 0 Å². The number of pyridine rings is 1. The SMILES string of the molecule is O=C(CCCN1C(=O)c2cccnc2Oc2ccccc21)NCc1cccc(Br)c1. The Morgan fingerprint density at radius 1 is 1.10 bits per heavy atom. The fourth-order valence-corrected chi connectivity index (χ4v) is 3.76. The molecule has 152 valence electrons. The van der Waals surface area contributed by atoms with Crippen LogP contribution in [0.2, 0.25) is 0 Å². The zero-order valence-electron chi connectivity index (χ0n) is 16.2. The lowest BCUT2D eigenvalue weighted by Gasteiger charge is -2.21. The van der Waals surface area contributed by atoms with Crippen molar-refractivity contribution in [1.82, 2.24) is 10.3 Å². The van der Waals surface area contributed by atoms with E-state index in [1.807, 2.05) is 48.5 Å². The van der Waals surface area contributed by atoms with Crippen molar-refractivity contribution in [3.05, 3.63) is 82.5 Å². The first-order valence-corrected chi connectivity index (χ1v) is 10.5. The molecule has 2 aromatic carbocycles. The molecule has 0 aliphatic carbocycles. The minimum absolute atomic E-state index is 0.0520. The summed E-state index contributed by atoms with van der Waals surface area (Å²) in [6, 6.07) is 18.6. The molecule has 0 atom stereocenters. The number of carbonyl (C=O) groups is 2. The molecule has 30 heavy (non-hydrogen) atoms. The monoisotopic (exact) mass is 465 g/mol. The summed E-state index contributed by atoms with van der Waals surface area (Å²) < 4.78 is 6.85. The van der Waals surface area contributed by atoms with Crippen LogP contribution in [0.25, 0.3) is 0 Å². The van der Waals surface area contributed by atoms with Crippen molar-refractivity contribution in [2.45, 2.75) is 19.4 Å². The van der Waals surface area contributed by atoms with E-state index < -0.39 is 0 Å². The van der Waals surface area contributed by atoms with Gasteiger partial charge in [-0.25, -0.2) is 4.98 Å². The maximum atomic E-state index is 13.1. The van der Waals surface area contributed by atoms with Crippen LogP contribution < -0.4 is 15.0 Å². The average Bonchev–Trinajstić information content (AvgIpc) is 2.87. The Morgan fingerprint density at radius 2 is 1.97 bits per heavy atom. The minimum Gasteiger partial charge on any atom is -0.436 e. The van der Waals surface area contributed by atoms with Crippen molar-refractivity contribution in [2.75, 3.05) is 11.4 Å². The van der Waals surface area contributed by atoms with Crippen LogP contribution in [0, 0.1) is 0 Å². The van der Waals surface area contributed by atoms with E-state index in [-0.39, 0.29) is 11.8 Å². The minimum atomic E-state index is -0.183. The average molecular weight is 466 g/mol. The van der Waals surface area contributed by atoms with Gasteiger partial charge in [0.1, 0.15) is 5.56 Å². The summed E-state index contributed by atoms with van der Waals surface area (Å²) in [4.78, 5) is 31.2. The van der Waals surface area contributed by atoms with E-state index in [9.17, 15) is 9.59 Å². The van der Waals surface area contributed by atoms with Gasteiger partial charge in [-0.1, -0.05) is 40.2 Å². The first kappa shape index (κ1) is 20.1. The van der Waals surface area contributed by atoms with E-state index in [1.54, 1.807) is 23.2 Å². The number of carbonyl (C=O) groups excluding carboxylic acids is 2. The van der Waals surface area contributed by atoms with Crippen LogP contribution >= 0.6 is 15.9 Å². The highest BCUT2D eigenvalue weighted by Gasteiger charge is 2.28. The Balaban J connectivity index is 1.41. The number of aromatic nitrogens is 1. The summed E-state index contributed by atoms with van der Waals surface area (Å²) in [5.41, 5.74) is 2.11. The summed E-state index contributed by atoms with van der Waals surface area (Å²) in [7, 11) is 0. The van der Waals surface area contributed by atoms with Crippen molar-refractivity contribution < 1.29 is 14.3 Å². The van der Waals surface area contributed by atoms with Gasteiger partial charge >= 0.3 is 0 Å². The predicted octanol–water partition coefficient (Wildman–Crippen LogP) is 4.69. The van der Waals surface area contributed by atoms with Crippen molar-refractivity contribution in [3.8, 4) is 11.6 Å². The Hall–Kier alpha value is -3.19. The molecule has 3 aromatic rings. The number of nitrogens with zero attached hydrogens (tertiary/aromatic N) is 2. The third-order valence-corrected chi connectivity index (χ3v) is 5.27. The second-order valence-corrected chi connectivity index (χ2v) is 7.81. The number of para-hydroxylation sites is 2. The molecule has 0 fully saturated rings. The number of nitrogens with one attached hydrogen (secondary N) is 1. The Morgan fingerprint density at radius 3 is 2.83 bits per heavy atom. The summed E-state index contributed by atoms with van der Waals surface area (Å²) in [5.74, 6) is 0.632. The van der Waals surface area contributed by atoms with Gasteiger partial charge in [0, 0.05) is 30.2 Å². The van der Waals surface area contributed by atoms with Gasteiger partial charge in [-0.15, -0.1) is 0 Å². The fraction of sp³-hybridized carbons (Fsp3) is 0.174. The maximum Gasteiger partial charge on any atom is 0.263 e. The molecule has 0 bridgehead atoms. The predicted molar refractivity (Wildman–Crippen MR) is 118 cm³/mol. The van der Waals surface area contributed by atoms with Gasteiger partial charge in [-0.3, -0.25) is 9.59 Å². The Labute approximate surface area is 183 Å². The van der Waals surface area contributed by atoms with E-state index in [0.29, 0.717) is 48.8 Å². The lowest BCUT2D eigenvalue weighted by Crippen LogP contribution is -2.32. The third kappa shape index (κ3) is 4.52. The normalized spacial score (nSPS) is 12.4. The first-order valence-electron chi connectivity index (χ1n) is 9.67. The highest BCUT2D eigenvalue weighted by atomic mass is 79.9. The summed E-state index contributed by atoms with van der Waals surface area (Å²) >= 11 is 3.43. The van der Waals surface area contributed by atoms with Gasteiger partial charge in [-0.2, -0.15) is 0 Å². The van der Waals surface area contributed by atoms with Gasteiger partial charge in [0.2, 0.25) is 11.8 Å². The molecular weight excluding hydrogens is 446 g/mol. The number of amides is 2. The van der Waals surface area contributed by atoms with Crippen LogP contribution in [0.5, 0.6) is 11.6 Å². The van der Waals surface area contributed by atoms with E-state index in [0.717, 1.165) is 10.0 Å². The van der Waals surface area contributed by atoms with Gasteiger partial charge < -0.3 is 15.0 Å². The summed E-state index contributed by atoms with van der Waals surface area (Å²) in [6.45, 7) is 0.870. The largest absolute Gasteiger partial charge is 0.436 e. The van der Waals surface area contributed by atoms with E-state index in [1.165, 1.54) is 0 Å². The molecule has 1 N–H and O–H groups in total. The fourth-order valence-electron chi connectivity index (χ4n) is 3.32. The van der Waals surface area contributed by atoms with Gasteiger partial charge in [0.05, 0.1) is 5.69 Å². The van der Waals surface area contributed by atoms with Gasteiger partial charge in [0.15, 0.2) is 5.75 Å². The van der Waals surface area contributed by atoms with Crippen molar-refractivity contribution in [3.63, 3.8) is 0 Å². The molecule has 1 aliphatic rings. The molecule has 7 heteroatoms. The van der Waals surface area contributed by atoms with Crippen LogP contribution in [0.3, 0.4) is 0 Å². The van der Waals surface area contributed by atoms with Crippen molar-refractivity contribution in [1.29, 1.82) is 0 Å². The molecule has 1 aliphatic heterocycles. The van der Waals surface area contributed by atoms with E-state index in [4.69, 9.17) is 4.74 Å². The molecule has 0 radical (unpaired) electrons. The topological polar surface area (TPSA) is 71.5 Å². The lowest BCUT2D eigenvalue weighted by atomic mass is 10.2. The second kappa shape index (κ2) is 9.09. The maximum absolute atomic E-state index is 13.1. The molecule has 0 saturated carbocycles. The molecule has 1 aromatic heterocycles. The van der Waals surface area contributed by atoms with Crippen LogP contribution in [0.1, 0.15) is 28.8 Å². The third-order valence-electron chi connectivity index (χ3n) is 4.77. The standard InChI is InChI=1S/C23H20BrN3O3/c24-17-7-3-6-16(14-17)15-26-21(28)11-5-13-27-19-9-1-2-10-20(19)30-22-18(23(27)29)8-4-12-25-22/h1-4,6-10,12,14H,5,11,13,15H2,(H,26,28). The highest BCUT2D eigenvalue weighted by molar-refractivity contribution is 9.10. The van der Waals surface area contributed by atoms with Gasteiger partial charge in [0.25, 0.3) is 5.91 Å². The number of fused-ring (bicyclic) bond motifs is 2. The molecule has 2 amide bonds. The van der Waals surface area contributed by atoms with Crippen LogP contribution in [0.4, 0.5) is 5.69 Å². The molecule has 6 nitrogen and oxygen atoms in total. The zero-order chi connectivity index (χ0) is 20.9. The van der Waals surface area contributed by atoms with E-state index >= 15 is 0 Å². The molecule has 2 heterocycles. The van der Waals surface area contributed by atoms with Crippen LogP contribution in [-0.4, -0.2) is 23.3 Å². The van der Waals surface area contributed by atoms with E-state index in [2.05, 4.69) is 26.2 Å². The summed E-state index contributed by atoms with van der Waals surface area (Å²) in [6.07, 6.45) is 2.45. The van der Waals surface area contributed by atoms with Gasteiger partial charge in [-0.05, 0) is 48.4 Å². The summed E-state index contributed by atoms with van der Waals surface area (Å²) in [5, 5.41) is 2.92. The number of anilines is 1. The number of rotatable bonds is 6. The van der Waals surface area contributed by atoms with Crippen molar-refractivity contribution >= 4 is 33.4 Å². The Bertz CT molecular complexity index is 1090. The lowest BCUT2D eigenvalue weighted by molar-refractivity contribution is -0.121. The Kier molecular flexibility index (Phi) is 6.09. The number of halogens is 1. The number of hydrogen-bond acceptors (Lipinski definition) is 4. The number of hydrogen-bond donors (Lipinski definition) is 1. The second-order valence-electron chi connectivity index (χ2n) is 6.89. The van der Waals surface area contributed by atoms with Crippen LogP contribution in [0.15, 0.2) is 71.3 Å². The first-order chi connectivity index (χ1) is 14.6. The zero-order valence-corrected chi connectivity index (χ0v) is 17.8. The smallest absolute Gasteiger partial charge is 0.263 e. The highest BCUT2D eigenvalue weighted by Crippen LogP contribution is 2.37. The molecular formula is C23H20BrN3O3. The molecule has 0 spiro atoms.